The normalized spacial score (nSPS) is 10.3. The zero-order chi connectivity index (χ0) is 16.1. The molecule has 3 aromatic rings. The molecular weight excluding hydrogens is 290 g/mol. The third kappa shape index (κ3) is 3.80. The Balaban J connectivity index is 1.59. The number of hydrogen-bond acceptors (Lipinski definition) is 3. The zero-order valence-electron chi connectivity index (χ0n) is 12.8. The van der Waals surface area contributed by atoms with Gasteiger partial charge in [-0.3, -0.25) is 4.79 Å². The van der Waals surface area contributed by atoms with Gasteiger partial charge in [-0.15, -0.1) is 0 Å². The summed E-state index contributed by atoms with van der Waals surface area (Å²) in [6.07, 6.45) is 0. The largest absolute Gasteiger partial charge is 0.497 e. The molecule has 0 saturated carbocycles. The number of nitrogens with one attached hydrogen (secondary N) is 1. The maximum absolute atomic E-state index is 12.0. The first kappa shape index (κ1) is 14.9. The van der Waals surface area contributed by atoms with E-state index in [0.29, 0.717) is 5.75 Å². The van der Waals surface area contributed by atoms with E-state index in [-0.39, 0.29) is 12.5 Å². The van der Waals surface area contributed by atoms with Crippen molar-refractivity contribution < 1.29 is 14.3 Å². The highest BCUT2D eigenvalue weighted by atomic mass is 16.5. The van der Waals surface area contributed by atoms with Gasteiger partial charge in [0.25, 0.3) is 5.91 Å². The van der Waals surface area contributed by atoms with Gasteiger partial charge >= 0.3 is 0 Å². The van der Waals surface area contributed by atoms with Crippen molar-refractivity contribution in [3.63, 3.8) is 0 Å². The van der Waals surface area contributed by atoms with Gasteiger partial charge in [0, 0.05) is 5.69 Å². The highest BCUT2D eigenvalue weighted by Crippen LogP contribution is 2.19. The minimum absolute atomic E-state index is 0.0425. The minimum Gasteiger partial charge on any atom is -0.497 e. The van der Waals surface area contributed by atoms with Crippen LogP contribution in [-0.4, -0.2) is 19.6 Å². The second-order valence-corrected chi connectivity index (χ2v) is 5.07. The summed E-state index contributed by atoms with van der Waals surface area (Å²) in [5, 5.41) is 5.06. The number of ether oxygens (including phenoxy) is 2. The first-order chi connectivity index (χ1) is 11.2. The Morgan fingerprint density at radius 1 is 0.913 bits per heavy atom. The lowest BCUT2D eigenvalue weighted by Gasteiger charge is -2.09. The molecule has 1 amide bonds. The molecule has 0 aliphatic carbocycles. The van der Waals surface area contributed by atoms with Crippen LogP contribution in [-0.2, 0) is 4.79 Å². The molecule has 0 bridgehead atoms. The van der Waals surface area contributed by atoms with Crippen LogP contribution in [0.2, 0.25) is 0 Å². The second-order valence-electron chi connectivity index (χ2n) is 5.07. The van der Waals surface area contributed by atoms with Crippen LogP contribution < -0.4 is 14.8 Å². The SMILES string of the molecule is COc1ccc(OCC(=O)Nc2ccc3ccccc3c2)cc1. The Morgan fingerprint density at radius 2 is 1.61 bits per heavy atom. The number of rotatable bonds is 5. The number of anilines is 1. The van der Waals surface area contributed by atoms with Gasteiger partial charge in [-0.25, -0.2) is 0 Å². The molecule has 0 saturated heterocycles. The molecule has 0 aliphatic heterocycles. The molecule has 0 aliphatic rings. The highest BCUT2D eigenvalue weighted by Gasteiger charge is 2.05. The molecule has 4 heteroatoms. The topological polar surface area (TPSA) is 47.6 Å². The predicted octanol–water partition coefficient (Wildman–Crippen LogP) is 3.87. The summed E-state index contributed by atoms with van der Waals surface area (Å²) in [7, 11) is 1.60. The predicted molar refractivity (Wildman–Crippen MR) is 91.1 cm³/mol. The van der Waals surface area contributed by atoms with Crippen LogP contribution >= 0.6 is 0 Å². The number of benzene rings is 3. The Hall–Kier alpha value is -3.01. The smallest absolute Gasteiger partial charge is 0.262 e. The van der Waals surface area contributed by atoms with Crippen molar-refractivity contribution in [2.75, 3.05) is 19.0 Å². The molecule has 23 heavy (non-hydrogen) atoms. The Kier molecular flexibility index (Phi) is 4.43. The van der Waals surface area contributed by atoms with E-state index in [0.717, 1.165) is 22.2 Å². The van der Waals surface area contributed by atoms with E-state index < -0.39 is 0 Å². The molecule has 1 N–H and O–H groups in total. The van der Waals surface area contributed by atoms with E-state index >= 15 is 0 Å². The minimum atomic E-state index is -0.198. The summed E-state index contributed by atoms with van der Waals surface area (Å²) in [6, 6.07) is 20.9. The fourth-order valence-corrected chi connectivity index (χ4v) is 2.28. The molecule has 0 unspecified atom stereocenters. The number of amides is 1. The van der Waals surface area contributed by atoms with Crippen molar-refractivity contribution in [2.45, 2.75) is 0 Å². The number of hydrogen-bond donors (Lipinski definition) is 1. The molecule has 3 aromatic carbocycles. The van der Waals surface area contributed by atoms with Gasteiger partial charge < -0.3 is 14.8 Å². The summed E-state index contributed by atoms with van der Waals surface area (Å²) in [4.78, 5) is 12.0. The van der Waals surface area contributed by atoms with Gasteiger partial charge in [0.15, 0.2) is 6.61 Å². The highest BCUT2D eigenvalue weighted by molar-refractivity contribution is 5.95. The summed E-state index contributed by atoms with van der Waals surface area (Å²) in [5.41, 5.74) is 0.757. The monoisotopic (exact) mass is 307 g/mol. The van der Waals surface area contributed by atoms with Crippen molar-refractivity contribution in [2.24, 2.45) is 0 Å². The molecule has 0 atom stereocenters. The maximum Gasteiger partial charge on any atom is 0.262 e. The quantitative estimate of drug-likeness (QED) is 0.778. The third-order valence-corrected chi connectivity index (χ3v) is 3.46. The van der Waals surface area contributed by atoms with Crippen LogP contribution in [0.3, 0.4) is 0 Å². The van der Waals surface area contributed by atoms with Crippen molar-refractivity contribution in [1.29, 1.82) is 0 Å². The lowest BCUT2D eigenvalue weighted by atomic mass is 10.1. The van der Waals surface area contributed by atoms with Crippen LogP contribution in [0.4, 0.5) is 5.69 Å². The van der Waals surface area contributed by atoms with Gasteiger partial charge in [-0.2, -0.15) is 0 Å². The standard InChI is InChI=1S/C19H17NO3/c1-22-17-8-10-18(11-9-17)23-13-19(21)20-16-7-6-14-4-2-3-5-15(14)12-16/h2-12H,13H2,1H3,(H,20,21). The van der Waals surface area contributed by atoms with Crippen LogP contribution in [0, 0.1) is 0 Å². The van der Waals surface area contributed by atoms with E-state index in [2.05, 4.69) is 5.32 Å². The number of carbonyl (C=O) groups excluding carboxylic acids is 1. The van der Waals surface area contributed by atoms with Gasteiger partial charge in [-0.1, -0.05) is 30.3 Å². The molecule has 116 valence electrons. The number of fused-ring (bicyclic) bond motifs is 1. The fraction of sp³-hybridized carbons (Fsp3) is 0.105. The fourth-order valence-electron chi connectivity index (χ4n) is 2.28. The van der Waals surface area contributed by atoms with Gasteiger partial charge in [0.05, 0.1) is 7.11 Å². The number of methoxy groups -OCH3 is 1. The van der Waals surface area contributed by atoms with E-state index in [1.165, 1.54) is 0 Å². The zero-order valence-corrected chi connectivity index (χ0v) is 12.8. The second kappa shape index (κ2) is 6.83. The van der Waals surface area contributed by atoms with E-state index in [1.54, 1.807) is 31.4 Å². The molecule has 0 spiro atoms. The molecule has 0 radical (unpaired) electrons. The average molecular weight is 307 g/mol. The molecule has 3 rings (SSSR count). The molecule has 4 nitrogen and oxygen atoms in total. The molecule has 0 aromatic heterocycles. The first-order valence-corrected chi connectivity index (χ1v) is 7.30. The van der Waals surface area contributed by atoms with E-state index in [4.69, 9.17) is 9.47 Å². The number of carbonyl (C=O) groups is 1. The lowest BCUT2D eigenvalue weighted by molar-refractivity contribution is -0.118. The van der Waals surface area contributed by atoms with Gasteiger partial charge in [0.2, 0.25) is 0 Å². The summed E-state index contributed by atoms with van der Waals surface area (Å²) < 4.78 is 10.5. The summed E-state index contributed by atoms with van der Waals surface area (Å²) >= 11 is 0. The first-order valence-electron chi connectivity index (χ1n) is 7.30. The molecular formula is C19H17NO3. The Labute approximate surface area is 134 Å². The van der Waals surface area contributed by atoms with Gasteiger partial charge in [-0.05, 0) is 47.2 Å². The Morgan fingerprint density at radius 3 is 2.35 bits per heavy atom. The molecule has 0 fully saturated rings. The van der Waals surface area contributed by atoms with Crippen LogP contribution in [0.25, 0.3) is 10.8 Å². The van der Waals surface area contributed by atoms with E-state index in [1.807, 2.05) is 42.5 Å². The summed E-state index contributed by atoms with van der Waals surface area (Å²) in [5.74, 6) is 1.17. The molecule has 0 heterocycles. The van der Waals surface area contributed by atoms with Crippen molar-refractivity contribution in [1.82, 2.24) is 0 Å². The van der Waals surface area contributed by atoms with Crippen molar-refractivity contribution in [3.8, 4) is 11.5 Å². The van der Waals surface area contributed by atoms with Crippen molar-refractivity contribution >= 4 is 22.4 Å². The van der Waals surface area contributed by atoms with Crippen LogP contribution in [0.5, 0.6) is 11.5 Å². The van der Waals surface area contributed by atoms with Crippen molar-refractivity contribution in [3.05, 3.63) is 66.7 Å². The maximum atomic E-state index is 12.0. The summed E-state index contributed by atoms with van der Waals surface area (Å²) in [6.45, 7) is -0.0425. The van der Waals surface area contributed by atoms with E-state index in [9.17, 15) is 4.79 Å². The van der Waals surface area contributed by atoms with Crippen LogP contribution in [0.1, 0.15) is 0 Å². The lowest BCUT2D eigenvalue weighted by Crippen LogP contribution is -2.20. The van der Waals surface area contributed by atoms with Gasteiger partial charge in [0.1, 0.15) is 11.5 Å². The van der Waals surface area contributed by atoms with Crippen LogP contribution in [0.15, 0.2) is 66.7 Å². The average Bonchev–Trinajstić information content (AvgIpc) is 2.60. The Bertz CT molecular complexity index is 812. The third-order valence-electron chi connectivity index (χ3n) is 3.46.